The van der Waals surface area contributed by atoms with Crippen molar-refractivity contribution in [1.29, 1.82) is 0 Å². The number of carbonyl (C=O) groups excluding carboxylic acids is 1. The van der Waals surface area contributed by atoms with E-state index in [2.05, 4.69) is 9.97 Å². The van der Waals surface area contributed by atoms with Gasteiger partial charge in [-0.3, -0.25) is 4.79 Å². The number of amides is 1. The van der Waals surface area contributed by atoms with Gasteiger partial charge in [0, 0.05) is 6.20 Å². The first-order valence-electron chi connectivity index (χ1n) is 3.82. The van der Waals surface area contributed by atoms with Crippen LogP contribution < -0.4 is 5.32 Å². The number of alkyl halides is 3. The Morgan fingerprint density at radius 1 is 1.44 bits per heavy atom. The van der Waals surface area contributed by atoms with Gasteiger partial charge in [-0.25, -0.2) is 9.97 Å². The van der Waals surface area contributed by atoms with Crippen LogP contribution in [0.4, 0.5) is 13.2 Å². The third-order valence-electron chi connectivity index (χ3n) is 1.41. The van der Waals surface area contributed by atoms with Crippen LogP contribution in [0, 0.1) is 0 Å². The van der Waals surface area contributed by atoms with Gasteiger partial charge in [-0.2, -0.15) is 13.2 Å². The molecule has 0 atom stereocenters. The second kappa shape index (κ2) is 4.84. The van der Waals surface area contributed by atoms with Gasteiger partial charge >= 0.3 is 6.18 Å². The standard InChI is InChI=1S/C7H4Cl2F3N3O/c8-4-3(1-13-6(9)15-4)5(16)14-2-7(10,11)12/h1H,2H2,(H,14,16). The van der Waals surface area contributed by atoms with Crippen LogP contribution in [0.1, 0.15) is 10.4 Å². The molecule has 1 aromatic heterocycles. The average Bonchev–Trinajstić information content (AvgIpc) is 2.13. The molecule has 1 rings (SSSR count). The molecule has 0 spiro atoms. The fraction of sp³-hybridized carbons (Fsp3) is 0.286. The highest BCUT2D eigenvalue weighted by Gasteiger charge is 2.28. The molecule has 0 aliphatic carbocycles. The van der Waals surface area contributed by atoms with Crippen molar-refractivity contribution in [2.24, 2.45) is 0 Å². The Labute approximate surface area is 97.8 Å². The van der Waals surface area contributed by atoms with E-state index in [1.54, 1.807) is 5.32 Å². The largest absolute Gasteiger partial charge is 0.405 e. The van der Waals surface area contributed by atoms with E-state index in [1.165, 1.54) is 0 Å². The highest BCUT2D eigenvalue weighted by molar-refractivity contribution is 6.34. The van der Waals surface area contributed by atoms with Crippen LogP contribution in [0.3, 0.4) is 0 Å². The van der Waals surface area contributed by atoms with Gasteiger partial charge < -0.3 is 5.32 Å². The first-order chi connectivity index (χ1) is 7.29. The van der Waals surface area contributed by atoms with Crippen LogP contribution >= 0.6 is 23.2 Å². The number of rotatable bonds is 2. The molecule has 16 heavy (non-hydrogen) atoms. The summed E-state index contributed by atoms with van der Waals surface area (Å²) in [6, 6.07) is 0. The highest BCUT2D eigenvalue weighted by atomic mass is 35.5. The summed E-state index contributed by atoms with van der Waals surface area (Å²) >= 11 is 10.8. The van der Waals surface area contributed by atoms with Crippen LogP contribution in [0.15, 0.2) is 6.20 Å². The minimum Gasteiger partial charge on any atom is -0.343 e. The molecule has 0 fully saturated rings. The molecule has 88 valence electrons. The Bertz CT molecular complexity index is 410. The van der Waals surface area contributed by atoms with Crippen LogP contribution in [-0.4, -0.2) is 28.6 Å². The van der Waals surface area contributed by atoms with Crippen LogP contribution in [-0.2, 0) is 0 Å². The van der Waals surface area contributed by atoms with Gasteiger partial charge in [0.15, 0.2) is 0 Å². The van der Waals surface area contributed by atoms with E-state index in [9.17, 15) is 18.0 Å². The third-order valence-corrected chi connectivity index (χ3v) is 1.88. The van der Waals surface area contributed by atoms with E-state index in [0.717, 1.165) is 6.20 Å². The number of halogens is 5. The Balaban J connectivity index is 2.74. The van der Waals surface area contributed by atoms with Gasteiger partial charge in [-0.1, -0.05) is 11.6 Å². The van der Waals surface area contributed by atoms with Crippen LogP contribution in [0.2, 0.25) is 10.4 Å². The SMILES string of the molecule is O=C(NCC(F)(F)F)c1cnc(Cl)nc1Cl. The lowest BCUT2D eigenvalue weighted by Gasteiger charge is -2.08. The van der Waals surface area contributed by atoms with E-state index >= 15 is 0 Å². The quantitative estimate of drug-likeness (QED) is 0.663. The van der Waals surface area contributed by atoms with Crippen molar-refractivity contribution in [3.63, 3.8) is 0 Å². The molecule has 0 saturated heterocycles. The van der Waals surface area contributed by atoms with Gasteiger partial charge in [-0.05, 0) is 11.6 Å². The Morgan fingerprint density at radius 2 is 2.06 bits per heavy atom. The molecule has 1 aromatic rings. The predicted octanol–water partition coefficient (Wildman–Crippen LogP) is 2.08. The minimum absolute atomic E-state index is 0.197. The topological polar surface area (TPSA) is 54.9 Å². The summed E-state index contributed by atoms with van der Waals surface area (Å²) < 4.78 is 35.4. The van der Waals surface area contributed by atoms with Gasteiger partial charge in [0.1, 0.15) is 11.7 Å². The maximum atomic E-state index is 11.8. The van der Waals surface area contributed by atoms with E-state index in [4.69, 9.17) is 23.2 Å². The fourth-order valence-corrected chi connectivity index (χ4v) is 1.16. The molecule has 0 radical (unpaired) electrons. The summed E-state index contributed by atoms with van der Waals surface area (Å²) in [6.07, 6.45) is -3.54. The first-order valence-corrected chi connectivity index (χ1v) is 4.58. The number of hydrogen-bond acceptors (Lipinski definition) is 3. The number of carbonyl (C=O) groups is 1. The molecule has 1 amide bonds. The molecule has 0 saturated carbocycles. The van der Waals surface area contributed by atoms with Crippen molar-refractivity contribution in [3.8, 4) is 0 Å². The molecular formula is C7H4Cl2F3N3O. The predicted molar refractivity (Wildman–Crippen MR) is 50.4 cm³/mol. The fourth-order valence-electron chi connectivity index (χ4n) is 0.769. The molecular weight excluding hydrogens is 270 g/mol. The zero-order chi connectivity index (χ0) is 12.3. The van der Waals surface area contributed by atoms with Crippen molar-refractivity contribution in [2.75, 3.05) is 6.54 Å². The maximum Gasteiger partial charge on any atom is 0.405 e. The highest BCUT2D eigenvalue weighted by Crippen LogP contribution is 2.16. The summed E-state index contributed by atoms with van der Waals surface area (Å²) in [6.45, 7) is -1.45. The molecule has 1 heterocycles. The smallest absolute Gasteiger partial charge is 0.343 e. The average molecular weight is 274 g/mol. The minimum atomic E-state index is -4.49. The molecule has 4 nitrogen and oxygen atoms in total. The third kappa shape index (κ3) is 3.82. The molecule has 0 bridgehead atoms. The summed E-state index contributed by atoms with van der Waals surface area (Å²) in [4.78, 5) is 18.1. The lowest BCUT2D eigenvalue weighted by Crippen LogP contribution is -2.34. The molecule has 0 aromatic carbocycles. The van der Waals surface area contributed by atoms with Crippen molar-refractivity contribution in [1.82, 2.24) is 15.3 Å². The monoisotopic (exact) mass is 273 g/mol. The molecule has 0 aliphatic heterocycles. The van der Waals surface area contributed by atoms with Crippen LogP contribution in [0.25, 0.3) is 0 Å². The van der Waals surface area contributed by atoms with Crippen LogP contribution in [0.5, 0.6) is 0 Å². The Kier molecular flexibility index (Phi) is 3.93. The van der Waals surface area contributed by atoms with Gasteiger partial charge in [-0.15, -0.1) is 0 Å². The molecule has 0 aliphatic rings. The lowest BCUT2D eigenvalue weighted by atomic mass is 10.3. The number of nitrogens with zero attached hydrogens (tertiary/aromatic N) is 2. The lowest BCUT2D eigenvalue weighted by molar-refractivity contribution is -0.123. The van der Waals surface area contributed by atoms with E-state index in [1.807, 2.05) is 0 Å². The number of aromatic nitrogens is 2. The van der Waals surface area contributed by atoms with Crippen molar-refractivity contribution >= 4 is 29.1 Å². The summed E-state index contributed by atoms with van der Waals surface area (Å²) in [5.41, 5.74) is -0.268. The first kappa shape index (κ1) is 13.0. The molecule has 1 N–H and O–H groups in total. The van der Waals surface area contributed by atoms with E-state index in [0.29, 0.717) is 0 Å². The zero-order valence-corrected chi connectivity index (χ0v) is 8.99. The zero-order valence-electron chi connectivity index (χ0n) is 7.48. The molecule has 0 unspecified atom stereocenters. The Morgan fingerprint density at radius 3 is 2.56 bits per heavy atom. The normalized spacial score (nSPS) is 11.3. The summed E-state index contributed by atoms with van der Waals surface area (Å²) in [5, 5.41) is 1.12. The summed E-state index contributed by atoms with van der Waals surface area (Å²) in [5.74, 6) is -1.01. The number of nitrogens with one attached hydrogen (secondary N) is 1. The maximum absolute atomic E-state index is 11.8. The van der Waals surface area contributed by atoms with Crippen molar-refractivity contribution in [3.05, 3.63) is 22.2 Å². The van der Waals surface area contributed by atoms with Gasteiger partial charge in [0.2, 0.25) is 5.28 Å². The Hall–Kier alpha value is -1.08. The van der Waals surface area contributed by atoms with Gasteiger partial charge in [0.25, 0.3) is 5.91 Å². The summed E-state index contributed by atoms with van der Waals surface area (Å²) in [7, 11) is 0. The van der Waals surface area contributed by atoms with Crippen molar-refractivity contribution in [2.45, 2.75) is 6.18 Å². The van der Waals surface area contributed by atoms with E-state index < -0.39 is 18.6 Å². The van der Waals surface area contributed by atoms with E-state index in [-0.39, 0.29) is 16.0 Å². The second-order valence-corrected chi connectivity index (χ2v) is 3.34. The van der Waals surface area contributed by atoms with Crippen molar-refractivity contribution < 1.29 is 18.0 Å². The second-order valence-electron chi connectivity index (χ2n) is 2.64. The molecule has 9 heteroatoms. The number of hydrogen-bond donors (Lipinski definition) is 1. The van der Waals surface area contributed by atoms with Gasteiger partial charge in [0.05, 0.1) is 5.56 Å².